The van der Waals surface area contributed by atoms with E-state index in [1.807, 2.05) is 37.7 Å². The largest absolute Gasteiger partial charge is 0.471 e. The number of rotatable bonds is 5. The van der Waals surface area contributed by atoms with Crippen molar-refractivity contribution in [2.75, 3.05) is 32.1 Å². The Kier molecular flexibility index (Phi) is 4.87. The lowest BCUT2D eigenvalue weighted by Gasteiger charge is -2.17. The molecule has 2 aromatic rings. The Balaban J connectivity index is 1.58. The van der Waals surface area contributed by atoms with Crippen molar-refractivity contribution in [1.82, 2.24) is 20.0 Å². The predicted molar refractivity (Wildman–Crippen MR) is 91.7 cm³/mol. The number of carbonyl (C=O) groups is 1. The van der Waals surface area contributed by atoms with Gasteiger partial charge in [-0.2, -0.15) is 4.98 Å². The third kappa shape index (κ3) is 3.89. The molecule has 0 spiro atoms. The lowest BCUT2D eigenvalue weighted by atomic mass is 10.1. The third-order valence-electron chi connectivity index (χ3n) is 4.35. The molecular weight excluding hydrogens is 322 g/mol. The summed E-state index contributed by atoms with van der Waals surface area (Å²) in [4.78, 5) is 24.8. The van der Waals surface area contributed by atoms with Crippen LogP contribution in [0, 0.1) is 13.8 Å². The minimum atomic E-state index is -0.0691. The molecule has 1 amide bonds. The number of hydrogen-bond acceptors (Lipinski definition) is 7. The number of hydrogen-bond donors (Lipinski definition) is 0. The van der Waals surface area contributed by atoms with E-state index in [1.165, 1.54) is 0 Å². The number of ether oxygens (including phenoxy) is 1. The van der Waals surface area contributed by atoms with Gasteiger partial charge in [0.05, 0.1) is 31.1 Å². The fourth-order valence-corrected chi connectivity index (χ4v) is 2.85. The molecule has 1 fully saturated rings. The Labute approximate surface area is 146 Å². The molecule has 134 valence electrons. The summed E-state index contributed by atoms with van der Waals surface area (Å²) in [7, 11) is 3.80. The van der Waals surface area contributed by atoms with E-state index >= 15 is 0 Å². The average molecular weight is 345 g/mol. The van der Waals surface area contributed by atoms with Gasteiger partial charge in [0.15, 0.2) is 5.82 Å². The highest BCUT2D eigenvalue weighted by atomic mass is 16.5. The van der Waals surface area contributed by atoms with Crippen LogP contribution in [0.15, 0.2) is 16.9 Å². The maximum atomic E-state index is 12.5. The molecule has 3 heterocycles. The van der Waals surface area contributed by atoms with E-state index in [0.717, 1.165) is 23.5 Å². The summed E-state index contributed by atoms with van der Waals surface area (Å²) in [5, 5.41) is 3.90. The first-order valence-electron chi connectivity index (χ1n) is 8.29. The molecule has 8 nitrogen and oxygen atoms in total. The quantitative estimate of drug-likeness (QED) is 0.809. The Morgan fingerprint density at radius 1 is 1.40 bits per heavy atom. The van der Waals surface area contributed by atoms with E-state index in [0.29, 0.717) is 31.2 Å². The number of aryl methyl sites for hydroxylation is 2. The summed E-state index contributed by atoms with van der Waals surface area (Å²) in [6.07, 6.45) is 4.30. The van der Waals surface area contributed by atoms with Crippen LogP contribution in [0.4, 0.5) is 5.82 Å². The Hall–Kier alpha value is -2.64. The van der Waals surface area contributed by atoms with Crippen molar-refractivity contribution in [2.45, 2.75) is 32.8 Å². The van der Waals surface area contributed by atoms with Gasteiger partial charge in [0, 0.05) is 32.6 Å². The van der Waals surface area contributed by atoms with Crippen molar-refractivity contribution >= 4 is 11.7 Å². The van der Waals surface area contributed by atoms with Crippen molar-refractivity contribution < 1.29 is 14.1 Å². The van der Waals surface area contributed by atoms with Crippen LogP contribution in [0.5, 0.6) is 5.88 Å². The van der Waals surface area contributed by atoms with E-state index in [-0.39, 0.29) is 12.0 Å². The van der Waals surface area contributed by atoms with Gasteiger partial charge in [0.2, 0.25) is 11.8 Å². The number of anilines is 1. The summed E-state index contributed by atoms with van der Waals surface area (Å²) in [6.45, 7) is 4.91. The predicted octanol–water partition coefficient (Wildman–Crippen LogP) is 1.37. The molecule has 0 saturated carbocycles. The smallest absolute Gasteiger partial charge is 0.234 e. The zero-order chi connectivity index (χ0) is 18.0. The highest BCUT2D eigenvalue weighted by molar-refractivity contribution is 5.79. The highest BCUT2D eigenvalue weighted by Gasteiger charge is 2.29. The van der Waals surface area contributed by atoms with Gasteiger partial charge in [-0.15, -0.1) is 0 Å². The Bertz CT molecular complexity index is 739. The highest BCUT2D eigenvalue weighted by Crippen LogP contribution is 2.20. The molecule has 0 radical (unpaired) electrons. The summed E-state index contributed by atoms with van der Waals surface area (Å²) in [6, 6.07) is 0. The monoisotopic (exact) mass is 345 g/mol. The van der Waals surface area contributed by atoms with Crippen LogP contribution in [0.25, 0.3) is 0 Å². The molecule has 3 rings (SSSR count). The van der Waals surface area contributed by atoms with E-state index in [2.05, 4.69) is 15.1 Å². The minimum Gasteiger partial charge on any atom is -0.471 e. The van der Waals surface area contributed by atoms with Gasteiger partial charge >= 0.3 is 0 Å². The molecule has 1 aliphatic heterocycles. The van der Waals surface area contributed by atoms with Gasteiger partial charge in [0.1, 0.15) is 11.9 Å². The van der Waals surface area contributed by atoms with E-state index in [9.17, 15) is 4.79 Å². The van der Waals surface area contributed by atoms with E-state index in [1.54, 1.807) is 12.4 Å². The van der Waals surface area contributed by atoms with Gasteiger partial charge in [-0.3, -0.25) is 9.78 Å². The second-order valence-electron chi connectivity index (χ2n) is 6.46. The molecular formula is C17H23N5O3. The van der Waals surface area contributed by atoms with Crippen molar-refractivity contribution in [3.8, 4) is 5.88 Å². The molecule has 0 N–H and O–H groups in total. The van der Waals surface area contributed by atoms with Gasteiger partial charge < -0.3 is 19.1 Å². The molecule has 1 atom stereocenters. The normalized spacial score (nSPS) is 17.0. The zero-order valence-electron chi connectivity index (χ0n) is 15.0. The average Bonchev–Trinajstić information content (AvgIpc) is 3.17. The summed E-state index contributed by atoms with van der Waals surface area (Å²) in [5.41, 5.74) is 1.65. The van der Waals surface area contributed by atoms with Gasteiger partial charge in [-0.05, 0) is 13.8 Å². The van der Waals surface area contributed by atoms with Crippen LogP contribution in [0.1, 0.15) is 23.4 Å². The number of nitrogens with zero attached hydrogens (tertiary/aromatic N) is 5. The Morgan fingerprint density at radius 2 is 2.20 bits per heavy atom. The first-order valence-corrected chi connectivity index (χ1v) is 8.29. The maximum Gasteiger partial charge on any atom is 0.234 e. The molecule has 1 aliphatic rings. The number of aromatic nitrogens is 3. The van der Waals surface area contributed by atoms with Crippen LogP contribution >= 0.6 is 0 Å². The van der Waals surface area contributed by atoms with E-state index < -0.39 is 0 Å². The number of carbonyl (C=O) groups excluding carboxylic acids is 1. The van der Waals surface area contributed by atoms with Crippen molar-refractivity contribution in [3.63, 3.8) is 0 Å². The van der Waals surface area contributed by atoms with Gasteiger partial charge in [0.25, 0.3) is 0 Å². The summed E-state index contributed by atoms with van der Waals surface area (Å²) >= 11 is 0. The lowest BCUT2D eigenvalue weighted by Crippen LogP contribution is -2.32. The standard InChI is InChI=1S/C17H23N5O3/c1-11-14(12(2)25-20-11)7-17(23)22-6-5-13(10-22)24-16-9-18-8-15(19-16)21(3)4/h8-9,13H,5-7,10H2,1-4H3/t13-/m1/s1. The second kappa shape index (κ2) is 7.08. The van der Waals surface area contributed by atoms with Gasteiger partial charge in [-0.1, -0.05) is 5.16 Å². The van der Waals surface area contributed by atoms with Crippen LogP contribution < -0.4 is 9.64 Å². The molecule has 1 saturated heterocycles. The fourth-order valence-electron chi connectivity index (χ4n) is 2.85. The molecule has 25 heavy (non-hydrogen) atoms. The lowest BCUT2D eigenvalue weighted by molar-refractivity contribution is -0.129. The third-order valence-corrected chi connectivity index (χ3v) is 4.35. The zero-order valence-corrected chi connectivity index (χ0v) is 15.0. The van der Waals surface area contributed by atoms with Gasteiger partial charge in [-0.25, -0.2) is 0 Å². The summed E-state index contributed by atoms with van der Waals surface area (Å²) in [5.74, 6) is 1.99. The van der Waals surface area contributed by atoms with Crippen molar-refractivity contribution in [3.05, 3.63) is 29.4 Å². The Morgan fingerprint density at radius 3 is 2.88 bits per heavy atom. The molecule has 0 aromatic carbocycles. The SMILES string of the molecule is Cc1noc(C)c1CC(=O)N1CC[C@@H](Oc2cncc(N(C)C)n2)C1. The van der Waals surface area contributed by atoms with Crippen LogP contribution in [-0.2, 0) is 11.2 Å². The van der Waals surface area contributed by atoms with Crippen molar-refractivity contribution in [2.24, 2.45) is 0 Å². The van der Waals surface area contributed by atoms with Crippen molar-refractivity contribution in [1.29, 1.82) is 0 Å². The molecule has 8 heteroatoms. The number of amides is 1. The molecule has 2 aromatic heterocycles. The fraction of sp³-hybridized carbons (Fsp3) is 0.529. The topological polar surface area (TPSA) is 84.6 Å². The first kappa shape index (κ1) is 17.2. The first-order chi connectivity index (χ1) is 11.9. The molecule has 0 bridgehead atoms. The summed E-state index contributed by atoms with van der Waals surface area (Å²) < 4.78 is 11.0. The maximum absolute atomic E-state index is 12.5. The van der Waals surface area contributed by atoms with Crippen LogP contribution in [-0.4, -0.2) is 59.2 Å². The van der Waals surface area contributed by atoms with Crippen LogP contribution in [0.3, 0.4) is 0 Å². The molecule has 0 aliphatic carbocycles. The minimum absolute atomic E-state index is 0.0635. The van der Waals surface area contributed by atoms with E-state index in [4.69, 9.17) is 9.26 Å². The van der Waals surface area contributed by atoms with Crippen LogP contribution in [0.2, 0.25) is 0 Å². The molecule has 0 unspecified atom stereocenters. The number of likely N-dealkylation sites (tertiary alicyclic amines) is 1. The second-order valence-corrected chi connectivity index (χ2v) is 6.46.